The first-order chi connectivity index (χ1) is 5.79. The van der Waals surface area contributed by atoms with Gasteiger partial charge >= 0.3 is 0 Å². The Morgan fingerprint density at radius 2 is 2.50 bits per heavy atom. The molecule has 0 N–H and O–H groups in total. The van der Waals surface area contributed by atoms with Gasteiger partial charge in [-0.1, -0.05) is 18.2 Å². The Labute approximate surface area is 71.8 Å². The summed E-state index contributed by atoms with van der Waals surface area (Å²) in [4.78, 5) is 12.9. The summed E-state index contributed by atoms with van der Waals surface area (Å²) in [6.07, 6.45) is 0.965. The summed E-state index contributed by atoms with van der Waals surface area (Å²) >= 11 is 0. The highest BCUT2D eigenvalue weighted by Gasteiger charge is 2.20. The van der Waals surface area contributed by atoms with E-state index in [1.807, 2.05) is 12.1 Å². The van der Waals surface area contributed by atoms with Crippen molar-refractivity contribution < 1.29 is 4.79 Å². The van der Waals surface area contributed by atoms with E-state index in [1.165, 1.54) is 5.56 Å². The van der Waals surface area contributed by atoms with Crippen molar-refractivity contribution >= 4 is 11.6 Å². The third-order valence-electron chi connectivity index (χ3n) is 2.17. The van der Waals surface area contributed by atoms with Crippen molar-refractivity contribution in [2.75, 3.05) is 11.4 Å². The summed E-state index contributed by atoms with van der Waals surface area (Å²) in [7, 11) is 0. The van der Waals surface area contributed by atoms with Crippen LogP contribution in [-0.2, 0) is 11.2 Å². The van der Waals surface area contributed by atoms with Crippen LogP contribution in [0.15, 0.2) is 18.2 Å². The normalized spacial score (nSPS) is 14.6. The van der Waals surface area contributed by atoms with Crippen molar-refractivity contribution in [2.45, 2.75) is 13.3 Å². The highest BCUT2D eigenvalue weighted by molar-refractivity contribution is 5.93. The van der Waals surface area contributed by atoms with Crippen molar-refractivity contribution in [1.29, 1.82) is 0 Å². The molecule has 1 radical (unpaired) electrons. The molecule has 1 amide bonds. The van der Waals surface area contributed by atoms with E-state index in [1.54, 1.807) is 11.8 Å². The minimum Gasteiger partial charge on any atom is -0.311 e. The maximum absolute atomic E-state index is 11.1. The molecule has 2 nitrogen and oxygen atoms in total. The smallest absolute Gasteiger partial charge is 0.223 e. The molecule has 0 aliphatic carbocycles. The lowest BCUT2D eigenvalue weighted by molar-refractivity contribution is -0.116. The zero-order valence-corrected chi connectivity index (χ0v) is 7.00. The molecule has 0 fully saturated rings. The van der Waals surface area contributed by atoms with E-state index < -0.39 is 0 Å². The van der Waals surface area contributed by atoms with Gasteiger partial charge in [-0.25, -0.2) is 0 Å². The van der Waals surface area contributed by atoms with Gasteiger partial charge in [0.25, 0.3) is 0 Å². The molecule has 0 saturated heterocycles. The van der Waals surface area contributed by atoms with Crippen molar-refractivity contribution in [3.05, 3.63) is 29.8 Å². The van der Waals surface area contributed by atoms with Gasteiger partial charge in [-0.05, 0) is 12.0 Å². The Kier molecular flexibility index (Phi) is 1.61. The molecular weight excluding hydrogens is 150 g/mol. The Hall–Kier alpha value is -1.31. The number of rotatable bonds is 0. The quantitative estimate of drug-likeness (QED) is 0.561. The molecule has 1 aromatic rings. The number of hydrogen-bond donors (Lipinski definition) is 0. The number of amides is 1. The predicted molar refractivity (Wildman–Crippen MR) is 47.0 cm³/mol. The summed E-state index contributed by atoms with van der Waals surface area (Å²) in [5.74, 6) is 0.108. The summed E-state index contributed by atoms with van der Waals surface area (Å²) in [6.45, 7) is 2.40. The molecule has 12 heavy (non-hydrogen) atoms. The summed E-state index contributed by atoms with van der Waals surface area (Å²) in [5, 5.41) is 0. The second kappa shape index (κ2) is 2.63. The lowest BCUT2D eigenvalue weighted by Crippen LogP contribution is -2.25. The Morgan fingerprint density at radius 3 is 3.25 bits per heavy atom. The third-order valence-corrected chi connectivity index (χ3v) is 2.17. The van der Waals surface area contributed by atoms with E-state index in [9.17, 15) is 4.79 Å². The Bertz CT molecular complexity index is 319. The molecule has 0 bridgehead atoms. The molecule has 0 atom stereocenters. The SMILES string of the molecule is CC(=O)N1CCc2ccc[c]c21. The van der Waals surface area contributed by atoms with Crippen LogP contribution < -0.4 is 4.90 Å². The minimum atomic E-state index is 0.108. The van der Waals surface area contributed by atoms with Crippen LogP contribution in [0.1, 0.15) is 12.5 Å². The zero-order chi connectivity index (χ0) is 8.55. The van der Waals surface area contributed by atoms with Crippen LogP contribution in [0.5, 0.6) is 0 Å². The molecule has 1 aliphatic rings. The number of hydrogen-bond acceptors (Lipinski definition) is 1. The first-order valence-corrected chi connectivity index (χ1v) is 4.07. The molecule has 0 spiro atoms. The summed E-state index contributed by atoms with van der Waals surface area (Å²) in [5.41, 5.74) is 2.19. The van der Waals surface area contributed by atoms with Gasteiger partial charge in [0.05, 0.1) is 5.69 Å². The van der Waals surface area contributed by atoms with Crippen LogP contribution in [-0.4, -0.2) is 12.5 Å². The monoisotopic (exact) mass is 160 g/mol. The van der Waals surface area contributed by atoms with Crippen molar-refractivity contribution in [3.63, 3.8) is 0 Å². The van der Waals surface area contributed by atoms with Gasteiger partial charge in [-0.3, -0.25) is 4.79 Å². The lowest BCUT2D eigenvalue weighted by atomic mass is 10.2. The highest BCUT2D eigenvalue weighted by atomic mass is 16.2. The molecule has 0 saturated carbocycles. The number of benzene rings is 1. The fourth-order valence-corrected chi connectivity index (χ4v) is 1.57. The van der Waals surface area contributed by atoms with Gasteiger partial charge in [-0.2, -0.15) is 0 Å². The molecular formula is C10H10NO. The minimum absolute atomic E-state index is 0.108. The zero-order valence-electron chi connectivity index (χ0n) is 7.00. The van der Waals surface area contributed by atoms with Gasteiger partial charge < -0.3 is 4.90 Å². The van der Waals surface area contributed by atoms with Gasteiger partial charge in [-0.15, -0.1) is 0 Å². The lowest BCUT2D eigenvalue weighted by Gasteiger charge is -2.13. The second-order valence-corrected chi connectivity index (χ2v) is 2.96. The van der Waals surface area contributed by atoms with Crippen LogP contribution in [0.4, 0.5) is 5.69 Å². The summed E-state index contributed by atoms with van der Waals surface area (Å²) < 4.78 is 0. The first kappa shape index (κ1) is 7.35. The fourth-order valence-electron chi connectivity index (χ4n) is 1.57. The van der Waals surface area contributed by atoms with Crippen LogP contribution in [0.2, 0.25) is 0 Å². The van der Waals surface area contributed by atoms with E-state index >= 15 is 0 Å². The maximum Gasteiger partial charge on any atom is 0.223 e. The maximum atomic E-state index is 11.1. The Morgan fingerprint density at radius 1 is 1.67 bits per heavy atom. The average Bonchev–Trinajstić information content (AvgIpc) is 2.47. The number of para-hydroxylation sites is 1. The predicted octanol–water partition coefficient (Wildman–Crippen LogP) is 1.40. The topological polar surface area (TPSA) is 20.3 Å². The first-order valence-electron chi connectivity index (χ1n) is 4.07. The van der Waals surface area contributed by atoms with Crippen LogP contribution >= 0.6 is 0 Å². The van der Waals surface area contributed by atoms with Crippen molar-refractivity contribution in [1.82, 2.24) is 0 Å². The molecule has 1 heterocycles. The molecule has 1 aromatic carbocycles. The second-order valence-electron chi connectivity index (χ2n) is 2.96. The molecule has 1 aliphatic heterocycles. The molecule has 2 heteroatoms. The van der Waals surface area contributed by atoms with E-state index in [2.05, 4.69) is 12.1 Å². The number of carbonyl (C=O) groups excluding carboxylic acids is 1. The van der Waals surface area contributed by atoms with Crippen molar-refractivity contribution in [3.8, 4) is 0 Å². The number of anilines is 1. The van der Waals surface area contributed by atoms with Crippen LogP contribution in [0.3, 0.4) is 0 Å². The molecule has 0 aromatic heterocycles. The average molecular weight is 160 g/mol. The van der Waals surface area contributed by atoms with Gasteiger partial charge in [0, 0.05) is 19.5 Å². The Balaban J connectivity index is 2.42. The molecule has 61 valence electrons. The number of nitrogens with zero attached hydrogens (tertiary/aromatic N) is 1. The fraction of sp³-hybridized carbons (Fsp3) is 0.300. The molecule has 0 unspecified atom stereocenters. The van der Waals surface area contributed by atoms with Gasteiger partial charge in [0.2, 0.25) is 5.91 Å². The van der Waals surface area contributed by atoms with Crippen LogP contribution in [0, 0.1) is 6.07 Å². The number of fused-ring (bicyclic) bond motifs is 1. The van der Waals surface area contributed by atoms with E-state index in [0.717, 1.165) is 18.7 Å². The van der Waals surface area contributed by atoms with Gasteiger partial charge in [0.15, 0.2) is 0 Å². The highest BCUT2D eigenvalue weighted by Crippen LogP contribution is 2.26. The summed E-state index contributed by atoms with van der Waals surface area (Å²) in [6, 6.07) is 8.94. The molecule has 2 rings (SSSR count). The van der Waals surface area contributed by atoms with E-state index in [-0.39, 0.29) is 5.91 Å². The van der Waals surface area contributed by atoms with Gasteiger partial charge in [0.1, 0.15) is 0 Å². The largest absolute Gasteiger partial charge is 0.311 e. The number of carbonyl (C=O) groups is 1. The van der Waals surface area contributed by atoms with Crippen LogP contribution in [0.25, 0.3) is 0 Å². The third kappa shape index (κ3) is 0.998. The van der Waals surface area contributed by atoms with E-state index in [4.69, 9.17) is 0 Å². The van der Waals surface area contributed by atoms with E-state index in [0.29, 0.717) is 0 Å². The standard InChI is InChI=1S/C10H10NO/c1-8(12)11-7-6-9-4-2-3-5-10(9)11/h2-4H,6-7H2,1H3. The van der Waals surface area contributed by atoms with Crippen molar-refractivity contribution in [2.24, 2.45) is 0 Å².